The van der Waals surface area contributed by atoms with Crippen LogP contribution in [0.2, 0.25) is 0 Å². The maximum atomic E-state index is 5.72. The van der Waals surface area contributed by atoms with Gasteiger partial charge >= 0.3 is 0 Å². The zero-order chi connectivity index (χ0) is 13.6. The first-order chi connectivity index (χ1) is 9.93. The molecule has 0 radical (unpaired) electrons. The SMILES string of the molecule is c1ccc(OCCCn2cncc2[C@@H]2CCCN2)cc1. The molecule has 0 spiro atoms. The van der Waals surface area contributed by atoms with Crippen molar-refractivity contribution in [3.63, 3.8) is 0 Å². The van der Waals surface area contributed by atoms with Gasteiger partial charge < -0.3 is 14.6 Å². The summed E-state index contributed by atoms with van der Waals surface area (Å²) in [6, 6.07) is 10.5. The molecule has 2 heterocycles. The number of nitrogens with one attached hydrogen (secondary N) is 1. The van der Waals surface area contributed by atoms with Crippen LogP contribution in [0.15, 0.2) is 42.9 Å². The highest BCUT2D eigenvalue weighted by molar-refractivity contribution is 5.20. The lowest BCUT2D eigenvalue weighted by Crippen LogP contribution is -2.17. The highest BCUT2D eigenvalue weighted by atomic mass is 16.5. The number of hydrogen-bond acceptors (Lipinski definition) is 3. The highest BCUT2D eigenvalue weighted by Gasteiger charge is 2.19. The quantitative estimate of drug-likeness (QED) is 0.821. The van der Waals surface area contributed by atoms with Crippen LogP contribution in [0.3, 0.4) is 0 Å². The van der Waals surface area contributed by atoms with Crippen molar-refractivity contribution in [1.29, 1.82) is 0 Å². The van der Waals surface area contributed by atoms with Crippen molar-refractivity contribution < 1.29 is 4.74 Å². The van der Waals surface area contributed by atoms with Crippen LogP contribution in [-0.2, 0) is 6.54 Å². The van der Waals surface area contributed by atoms with E-state index in [4.69, 9.17) is 4.74 Å². The van der Waals surface area contributed by atoms with Gasteiger partial charge in [0, 0.05) is 18.8 Å². The zero-order valence-corrected chi connectivity index (χ0v) is 11.7. The molecule has 1 fully saturated rings. The number of ether oxygens (including phenoxy) is 1. The standard InChI is InChI=1S/C16H21N3O/c1-2-6-14(7-3-1)20-11-5-10-19-13-17-12-16(19)15-8-4-9-18-15/h1-3,6-7,12-13,15,18H,4-5,8-11H2/t15-/m0/s1. The molecule has 1 N–H and O–H groups in total. The first-order valence-electron chi connectivity index (χ1n) is 7.35. The fraction of sp³-hybridized carbons (Fsp3) is 0.438. The van der Waals surface area contributed by atoms with E-state index in [1.807, 2.05) is 42.9 Å². The Bertz CT molecular complexity index is 518. The van der Waals surface area contributed by atoms with Crippen LogP contribution >= 0.6 is 0 Å². The topological polar surface area (TPSA) is 39.1 Å². The van der Waals surface area contributed by atoms with Crippen molar-refractivity contribution in [2.24, 2.45) is 0 Å². The second kappa shape index (κ2) is 6.57. The molecule has 1 aromatic carbocycles. The number of benzene rings is 1. The van der Waals surface area contributed by atoms with E-state index in [0.29, 0.717) is 6.04 Å². The van der Waals surface area contributed by atoms with Crippen LogP contribution in [0.25, 0.3) is 0 Å². The molecule has 0 saturated carbocycles. The van der Waals surface area contributed by atoms with E-state index in [1.54, 1.807) is 0 Å². The van der Waals surface area contributed by atoms with Crippen molar-refractivity contribution in [3.8, 4) is 5.75 Å². The molecule has 1 saturated heterocycles. The van der Waals surface area contributed by atoms with Crippen LogP contribution in [0.1, 0.15) is 31.0 Å². The highest BCUT2D eigenvalue weighted by Crippen LogP contribution is 2.22. The maximum Gasteiger partial charge on any atom is 0.119 e. The zero-order valence-electron chi connectivity index (χ0n) is 11.7. The second-order valence-electron chi connectivity index (χ2n) is 5.18. The van der Waals surface area contributed by atoms with E-state index in [1.165, 1.54) is 18.5 Å². The predicted octanol–water partition coefficient (Wildman–Crippen LogP) is 2.78. The first kappa shape index (κ1) is 13.2. The largest absolute Gasteiger partial charge is 0.494 e. The lowest BCUT2D eigenvalue weighted by atomic mass is 10.2. The number of imidazole rings is 1. The van der Waals surface area contributed by atoms with Crippen LogP contribution in [-0.4, -0.2) is 22.7 Å². The summed E-state index contributed by atoms with van der Waals surface area (Å²) in [4.78, 5) is 4.29. The third-order valence-corrected chi connectivity index (χ3v) is 3.72. The Morgan fingerprint density at radius 1 is 1.30 bits per heavy atom. The fourth-order valence-corrected chi connectivity index (χ4v) is 2.69. The smallest absolute Gasteiger partial charge is 0.119 e. The van der Waals surface area contributed by atoms with Gasteiger partial charge in [-0.3, -0.25) is 0 Å². The van der Waals surface area contributed by atoms with E-state index < -0.39 is 0 Å². The number of para-hydroxylation sites is 1. The Labute approximate surface area is 119 Å². The van der Waals surface area contributed by atoms with Gasteiger partial charge in [-0.25, -0.2) is 4.98 Å². The molecule has 0 aliphatic carbocycles. The van der Waals surface area contributed by atoms with Gasteiger partial charge in [0.15, 0.2) is 0 Å². The molecule has 106 valence electrons. The molecule has 0 unspecified atom stereocenters. The second-order valence-corrected chi connectivity index (χ2v) is 5.18. The third kappa shape index (κ3) is 3.20. The normalized spacial score (nSPS) is 18.3. The Balaban J connectivity index is 1.48. The minimum atomic E-state index is 0.479. The van der Waals surface area contributed by atoms with E-state index in [-0.39, 0.29) is 0 Å². The number of aromatic nitrogens is 2. The maximum absolute atomic E-state index is 5.72. The Morgan fingerprint density at radius 3 is 3.00 bits per heavy atom. The van der Waals surface area contributed by atoms with E-state index in [2.05, 4.69) is 14.9 Å². The number of hydrogen-bond donors (Lipinski definition) is 1. The van der Waals surface area contributed by atoms with Gasteiger partial charge in [0.1, 0.15) is 5.75 Å². The average Bonchev–Trinajstić information content (AvgIpc) is 3.15. The molecule has 4 heteroatoms. The van der Waals surface area contributed by atoms with Gasteiger partial charge in [0.05, 0.1) is 18.6 Å². The van der Waals surface area contributed by atoms with Gasteiger partial charge in [0.2, 0.25) is 0 Å². The summed E-state index contributed by atoms with van der Waals surface area (Å²) in [7, 11) is 0. The Morgan fingerprint density at radius 2 is 2.20 bits per heavy atom. The molecular formula is C16H21N3O. The molecule has 3 rings (SSSR count). The van der Waals surface area contributed by atoms with E-state index in [0.717, 1.165) is 31.9 Å². The summed E-state index contributed by atoms with van der Waals surface area (Å²) in [6.07, 6.45) is 7.38. The molecule has 1 aliphatic rings. The van der Waals surface area contributed by atoms with Crippen molar-refractivity contribution in [2.75, 3.05) is 13.2 Å². The Kier molecular flexibility index (Phi) is 4.33. The van der Waals surface area contributed by atoms with E-state index >= 15 is 0 Å². The number of aryl methyl sites for hydroxylation is 1. The van der Waals surface area contributed by atoms with Gasteiger partial charge in [-0.15, -0.1) is 0 Å². The molecule has 2 aromatic rings. The summed E-state index contributed by atoms with van der Waals surface area (Å²) in [6.45, 7) is 2.81. The van der Waals surface area contributed by atoms with Gasteiger partial charge in [-0.2, -0.15) is 0 Å². The molecule has 4 nitrogen and oxygen atoms in total. The van der Waals surface area contributed by atoms with Crippen molar-refractivity contribution in [1.82, 2.24) is 14.9 Å². The summed E-state index contributed by atoms with van der Waals surface area (Å²) in [5.41, 5.74) is 1.31. The molecule has 0 amide bonds. The van der Waals surface area contributed by atoms with Crippen molar-refractivity contribution >= 4 is 0 Å². The van der Waals surface area contributed by atoms with Crippen LogP contribution in [0.5, 0.6) is 5.75 Å². The molecule has 1 aliphatic heterocycles. The van der Waals surface area contributed by atoms with Gasteiger partial charge in [-0.05, 0) is 37.9 Å². The molecule has 20 heavy (non-hydrogen) atoms. The molecule has 1 atom stereocenters. The fourth-order valence-electron chi connectivity index (χ4n) is 2.69. The van der Waals surface area contributed by atoms with Crippen molar-refractivity contribution in [3.05, 3.63) is 48.5 Å². The molecule has 0 bridgehead atoms. The van der Waals surface area contributed by atoms with Gasteiger partial charge in [0.25, 0.3) is 0 Å². The first-order valence-corrected chi connectivity index (χ1v) is 7.35. The average molecular weight is 271 g/mol. The third-order valence-electron chi connectivity index (χ3n) is 3.72. The molecular weight excluding hydrogens is 250 g/mol. The summed E-state index contributed by atoms with van der Waals surface area (Å²) < 4.78 is 7.97. The lowest BCUT2D eigenvalue weighted by Gasteiger charge is -2.14. The summed E-state index contributed by atoms with van der Waals surface area (Å²) >= 11 is 0. The minimum absolute atomic E-state index is 0.479. The monoisotopic (exact) mass is 271 g/mol. The van der Waals surface area contributed by atoms with Crippen LogP contribution in [0.4, 0.5) is 0 Å². The van der Waals surface area contributed by atoms with Gasteiger partial charge in [-0.1, -0.05) is 18.2 Å². The van der Waals surface area contributed by atoms with Crippen LogP contribution in [0, 0.1) is 0 Å². The minimum Gasteiger partial charge on any atom is -0.494 e. The predicted molar refractivity (Wildman–Crippen MR) is 78.8 cm³/mol. The number of rotatable bonds is 6. The lowest BCUT2D eigenvalue weighted by molar-refractivity contribution is 0.300. The van der Waals surface area contributed by atoms with Crippen LogP contribution < -0.4 is 10.1 Å². The summed E-state index contributed by atoms with van der Waals surface area (Å²) in [5.74, 6) is 0.941. The molecule has 1 aromatic heterocycles. The number of nitrogens with zero attached hydrogens (tertiary/aromatic N) is 2. The van der Waals surface area contributed by atoms with E-state index in [9.17, 15) is 0 Å². The summed E-state index contributed by atoms with van der Waals surface area (Å²) in [5, 5.41) is 3.52. The Hall–Kier alpha value is -1.81. The van der Waals surface area contributed by atoms with Crippen molar-refractivity contribution in [2.45, 2.75) is 31.8 Å².